The minimum Gasteiger partial charge on any atom is -0.481 e. The zero-order chi connectivity index (χ0) is 18.6. The number of amides is 1. The van der Waals surface area contributed by atoms with Crippen molar-refractivity contribution in [3.8, 4) is 11.3 Å². The summed E-state index contributed by atoms with van der Waals surface area (Å²) in [7, 11) is 0. The molecule has 2 N–H and O–H groups in total. The lowest BCUT2D eigenvalue weighted by Crippen LogP contribution is -2.53. The van der Waals surface area contributed by atoms with Crippen LogP contribution >= 0.6 is 0 Å². The molecule has 136 valence electrons. The van der Waals surface area contributed by atoms with E-state index >= 15 is 0 Å². The van der Waals surface area contributed by atoms with Crippen LogP contribution in [0.3, 0.4) is 0 Å². The van der Waals surface area contributed by atoms with Gasteiger partial charge in [0.25, 0.3) is 5.91 Å². The molecule has 0 aliphatic carbocycles. The Kier molecular flexibility index (Phi) is 5.32. The fourth-order valence-corrected chi connectivity index (χ4v) is 3.39. The van der Waals surface area contributed by atoms with Gasteiger partial charge in [-0.25, -0.2) is 0 Å². The molecule has 0 unspecified atom stereocenters. The van der Waals surface area contributed by atoms with Crippen LogP contribution < -0.4 is 5.32 Å². The average Bonchev–Trinajstić information content (AvgIpc) is 2.62. The summed E-state index contributed by atoms with van der Waals surface area (Å²) in [5.41, 5.74) is 2.27. The van der Waals surface area contributed by atoms with Crippen molar-refractivity contribution in [1.82, 2.24) is 10.3 Å². The Labute approximate surface area is 152 Å². The Morgan fingerprint density at radius 1 is 1.19 bits per heavy atom. The van der Waals surface area contributed by atoms with Crippen LogP contribution in [0.2, 0.25) is 0 Å². The molecule has 0 radical (unpaired) electrons. The molecular formula is C20H22N2O4. The summed E-state index contributed by atoms with van der Waals surface area (Å²) in [6.07, 6.45) is 2.58. The van der Waals surface area contributed by atoms with Crippen molar-refractivity contribution in [2.45, 2.75) is 31.7 Å². The van der Waals surface area contributed by atoms with Gasteiger partial charge in [-0.05, 0) is 43.5 Å². The Morgan fingerprint density at radius 2 is 1.96 bits per heavy atom. The van der Waals surface area contributed by atoms with Crippen molar-refractivity contribution >= 4 is 11.9 Å². The number of aliphatic carboxylic acids is 1. The van der Waals surface area contributed by atoms with Crippen molar-refractivity contribution < 1.29 is 19.4 Å². The highest BCUT2D eigenvalue weighted by Gasteiger charge is 2.37. The van der Waals surface area contributed by atoms with Crippen LogP contribution in [0.4, 0.5) is 0 Å². The van der Waals surface area contributed by atoms with E-state index in [0.29, 0.717) is 31.6 Å². The van der Waals surface area contributed by atoms with E-state index in [2.05, 4.69) is 10.3 Å². The number of carbonyl (C=O) groups excluding carboxylic acids is 1. The van der Waals surface area contributed by atoms with Gasteiger partial charge in [0.2, 0.25) is 0 Å². The van der Waals surface area contributed by atoms with Gasteiger partial charge in [0, 0.05) is 30.5 Å². The quantitative estimate of drug-likeness (QED) is 0.862. The molecular weight excluding hydrogens is 332 g/mol. The van der Waals surface area contributed by atoms with Gasteiger partial charge in [0.05, 0.1) is 17.7 Å². The molecule has 1 aromatic heterocycles. The maximum absolute atomic E-state index is 12.9. The SMILES string of the molecule is Cc1c(C(=O)NC2(CC(=O)O)CCOCC2)cccc1-c1ccccn1. The first-order valence-corrected chi connectivity index (χ1v) is 8.64. The first-order valence-electron chi connectivity index (χ1n) is 8.64. The smallest absolute Gasteiger partial charge is 0.305 e. The highest BCUT2D eigenvalue weighted by molar-refractivity contribution is 5.98. The summed E-state index contributed by atoms with van der Waals surface area (Å²) in [5, 5.41) is 12.2. The monoisotopic (exact) mass is 354 g/mol. The Hall–Kier alpha value is -2.73. The Morgan fingerprint density at radius 3 is 2.62 bits per heavy atom. The topological polar surface area (TPSA) is 88.5 Å². The molecule has 6 nitrogen and oxygen atoms in total. The number of hydrogen-bond acceptors (Lipinski definition) is 4. The maximum atomic E-state index is 12.9. The molecule has 1 aliphatic rings. The average molecular weight is 354 g/mol. The second-order valence-corrected chi connectivity index (χ2v) is 6.61. The predicted molar refractivity (Wildman–Crippen MR) is 96.9 cm³/mol. The summed E-state index contributed by atoms with van der Waals surface area (Å²) in [6.45, 7) is 2.77. The van der Waals surface area contributed by atoms with E-state index < -0.39 is 11.5 Å². The van der Waals surface area contributed by atoms with E-state index in [4.69, 9.17) is 4.74 Å². The number of benzene rings is 1. The first kappa shape index (κ1) is 18.1. The van der Waals surface area contributed by atoms with Crippen molar-refractivity contribution in [3.05, 3.63) is 53.7 Å². The lowest BCUT2D eigenvalue weighted by Gasteiger charge is -2.37. The number of nitrogens with zero attached hydrogens (tertiary/aromatic N) is 1. The van der Waals surface area contributed by atoms with Crippen LogP contribution in [-0.2, 0) is 9.53 Å². The molecule has 0 spiro atoms. The summed E-state index contributed by atoms with van der Waals surface area (Å²) in [5.74, 6) is -1.19. The third-order valence-electron chi connectivity index (χ3n) is 4.84. The highest BCUT2D eigenvalue weighted by atomic mass is 16.5. The second-order valence-electron chi connectivity index (χ2n) is 6.61. The molecule has 0 atom stereocenters. The van der Waals surface area contributed by atoms with Crippen molar-refractivity contribution in [3.63, 3.8) is 0 Å². The Bertz CT molecular complexity index is 799. The number of ether oxygens (including phenoxy) is 1. The molecule has 1 fully saturated rings. The van der Waals surface area contributed by atoms with E-state index in [9.17, 15) is 14.7 Å². The summed E-state index contributed by atoms with van der Waals surface area (Å²) in [6, 6.07) is 11.1. The number of hydrogen-bond donors (Lipinski definition) is 2. The minimum atomic E-state index is -0.925. The van der Waals surface area contributed by atoms with Gasteiger partial charge in [0.15, 0.2) is 0 Å². The van der Waals surface area contributed by atoms with Crippen molar-refractivity contribution in [2.24, 2.45) is 0 Å². The molecule has 2 aromatic rings. The summed E-state index contributed by atoms with van der Waals surface area (Å²) >= 11 is 0. The third kappa shape index (κ3) is 3.91. The molecule has 1 aromatic carbocycles. The zero-order valence-electron chi connectivity index (χ0n) is 14.7. The van der Waals surface area contributed by atoms with Gasteiger partial charge in [-0.15, -0.1) is 0 Å². The van der Waals surface area contributed by atoms with Crippen LogP contribution in [0.5, 0.6) is 0 Å². The first-order chi connectivity index (χ1) is 12.5. The number of carbonyl (C=O) groups is 2. The molecule has 6 heteroatoms. The van der Waals surface area contributed by atoms with E-state index in [1.807, 2.05) is 37.3 Å². The molecule has 3 rings (SSSR count). The molecule has 26 heavy (non-hydrogen) atoms. The van der Waals surface area contributed by atoms with Crippen LogP contribution in [0, 0.1) is 6.92 Å². The number of rotatable bonds is 5. The number of nitrogens with one attached hydrogen (secondary N) is 1. The summed E-state index contributed by atoms with van der Waals surface area (Å²) in [4.78, 5) is 28.6. The molecule has 0 saturated carbocycles. The fraction of sp³-hybridized carbons (Fsp3) is 0.350. The number of pyridine rings is 1. The van der Waals surface area contributed by atoms with Crippen LogP contribution in [0.25, 0.3) is 11.3 Å². The second kappa shape index (κ2) is 7.66. The van der Waals surface area contributed by atoms with Gasteiger partial charge in [-0.1, -0.05) is 18.2 Å². The Balaban J connectivity index is 1.89. The molecule has 1 aliphatic heterocycles. The number of aromatic nitrogens is 1. The summed E-state index contributed by atoms with van der Waals surface area (Å²) < 4.78 is 5.34. The highest BCUT2D eigenvalue weighted by Crippen LogP contribution is 2.27. The molecule has 1 saturated heterocycles. The number of carboxylic acids is 1. The lowest BCUT2D eigenvalue weighted by molar-refractivity contribution is -0.139. The van der Waals surface area contributed by atoms with E-state index in [1.165, 1.54) is 0 Å². The largest absolute Gasteiger partial charge is 0.481 e. The standard InChI is InChI=1S/C20H22N2O4/c1-14-15(17-7-2-3-10-21-17)5-4-6-16(14)19(25)22-20(13-18(23)24)8-11-26-12-9-20/h2-7,10H,8-9,11-13H2,1H3,(H,22,25)(H,23,24). The molecule has 2 heterocycles. The van der Waals surface area contributed by atoms with Crippen LogP contribution in [-0.4, -0.2) is 40.7 Å². The molecule has 1 amide bonds. The zero-order valence-corrected chi connectivity index (χ0v) is 14.7. The van der Waals surface area contributed by atoms with E-state index in [1.54, 1.807) is 12.3 Å². The fourth-order valence-electron chi connectivity index (χ4n) is 3.39. The minimum absolute atomic E-state index is 0.110. The van der Waals surface area contributed by atoms with Gasteiger partial charge in [-0.3, -0.25) is 14.6 Å². The van der Waals surface area contributed by atoms with Gasteiger partial charge in [-0.2, -0.15) is 0 Å². The molecule has 0 bridgehead atoms. The predicted octanol–water partition coefficient (Wildman–Crippen LogP) is 2.81. The number of carboxylic acid groups (broad SMARTS) is 1. The van der Waals surface area contributed by atoms with Crippen molar-refractivity contribution in [1.29, 1.82) is 0 Å². The van der Waals surface area contributed by atoms with Crippen LogP contribution in [0.1, 0.15) is 35.2 Å². The van der Waals surface area contributed by atoms with E-state index in [0.717, 1.165) is 16.8 Å². The van der Waals surface area contributed by atoms with Crippen LogP contribution in [0.15, 0.2) is 42.6 Å². The lowest BCUT2D eigenvalue weighted by atomic mass is 9.86. The normalized spacial score (nSPS) is 16.0. The van der Waals surface area contributed by atoms with Gasteiger partial charge < -0.3 is 15.2 Å². The van der Waals surface area contributed by atoms with Gasteiger partial charge >= 0.3 is 5.97 Å². The van der Waals surface area contributed by atoms with Gasteiger partial charge in [0.1, 0.15) is 0 Å². The van der Waals surface area contributed by atoms with E-state index in [-0.39, 0.29) is 12.3 Å². The third-order valence-corrected chi connectivity index (χ3v) is 4.84. The van der Waals surface area contributed by atoms with Crippen molar-refractivity contribution in [2.75, 3.05) is 13.2 Å². The maximum Gasteiger partial charge on any atom is 0.305 e.